The molecule has 2 heterocycles. The second-order valence-electron chi connectivity index (χ2n) is 4.82. The van der Waals surface area contributed by atoms with Crippen LogP contribution in [-0.2, 0) is 22.7 Å². The van der Waals surface area contributed by atoms with Crippen molar-refractivity contribution in [2.75, 3.05) is 0 Å². The van der Waals surface area contributed by atoms with Gasteiger partial charge < -0.3 is 10.2 Å². The van der Waals surface area contributed by atoms with Crippen molar-refractivity contribution in [1.29, 1.82) is 0 Å². The van der Waals surface area contributed by atoms with Gasteiger partial charge in [0.1, 0.15) is 12.1 Å². The molecule has 0 radical (unpaired) electrons. The largest absolute Gasteiger partial charge is 0.343 e. The molecule has 2 rings (SSSR count). The van der Waals surface area contributed by atoms with Crippen molar-refractivity contribution >= 4 is 11.8 Å². The summed E-state index contributed by atoms with van der Waals surface area (Å²) < 4.78 is 1.81. The van der Waals surface area contributed by atoms with Crippen molar-refractivity contribution in [1.82, 2.24) is 20.0 Å². The van der Waals surface area contributed by atoms with E-state index in [2.05, 4.69) is 10.4 Å². The number of aromatic nitrogens is 2. The fourth-order valence-corrected chi connectivity index (χ4v) is 2.24. The summed E-state index contributed by atoms with van der Waals surface area (Å²) >= 11 is 0. The highest BCUT2D eigenvalue weighted by Crippen LogP contribution is 2.15. The van der Waals surface area contributed by atoms with E-state index in [0.717, 1.165) is 12.1 Å². The zero-order chi connectivity index (χ0) is 14.0. The van der Waals surface area contributed by atoms with E-state index in [1.807, 2.05) is 24.7 Å². The van der Waals surface area contributed by atoms with E-state index in [1.165, 1.54) is 0 Å². The molecule has 1 aliphatic rings. The minimum atomic E-state index is -0.430. The first-order chi connectivity index (χ1) is 9.06. The summed E-state index contributed by atoms with van der Waals surface area (Å²) in [4.78, 5) is 25.8. The van der Waals surface area contributed by atoms with Gasteiger partial charge in [-0.2, -0.15) is 5.10 Å². The molecule has 1 N–H and O–H groups in total. The summed E-state index contributed by atoms with van der Waals surface area (Å²) in [6.45, 7) is 6.88. The highest BCUT2D eigenvalue weighted by Gasteiger charge is 2.37. The molecular weight excluding hydrogens is 244 g/mol. The predicted molar refractivity (Wildman–Crippen MR) is 70.1 cm³/mol. The van der Waals surface area contributed by atoms with Crippen LogP contribution in [0.2, 0.25) is 0 Å². The van der Waals surface area contributed by atoms with Crippen LogP contribution in [0.3, 0.4) is 0 Å². The van der Waals surface area contributed by atoms with Gasteiger partial charge in [0.25, 0.3) is 0 Å². The zero-order valence-electron chi connectivity index (χ0n) is 11.6. The molecule has 1 aromatic heterocycles. The van der Waals surface area contributed by atoms with Gasteiger partial charge in [0, 0.05) is 24.8 Å². The van der Waals surface area contributed by atoms with Crippen molar-refractivity contribution in [2.45, 2.75) is 52.4 Å². The van der Waals surface area contributed by atoms with Gasteiger partial charge in [0.05, 0.1) is 6.20 Å². The minimum Gasteiger partial charge on any atom is -0.343 e. The number of hydrogen-bond acceptors (Lipinski definition) is 3. The van der Waals surface area contributed by atoms with E-state index >= 15 is 0 Å². The van der Waals surface area contributed by atoms with Gasteiger partial charge in [-0.05, 0) is 20.3 Å². The van der Waals surface area contributed by atoms with Crippen LogP contribution in [0.4, 0.5) is 0 Å². The Morgan fingerprint density at radius 3 is 2.68 bits per heavy atom. The monoisotopic (exact) mass is 264 g/mol. The summed E-state index contributed by atoms with van der Waals surface area (Å²) in [6.07, 6.45) is 4.27. The van der Waals surface area contributed by atoms with Crippen LogP contribution in [0, 0.1) is 0 Å². The molecule has 1 fully saturated rings. The SMILES string of the molecule is CCC1NC(=O)C(C)N(Cc2cnn(CC)c2)C1=O. The van der Waals surface area contributed by atoms with Crippen molar-refractivity contribution in [3.63, 3.8) is 0 Å². The Morgan fingerprint density at radius 1 is 1.37 bits per heavy atom. The number of nitrogens with one attached hydrogen (secondary N) is 1. The Labute approximate surface area is 112 Å². The standard InChI is InChI=1S/C13H20N4O2/c1-4-11-13(19)17(9(3)12(18)15-11)8-10-6-14-16(5-2)7-10/h6-7,9,11H,4-5,8H2,1-3H3,(H,15,18). The topological polar surface area (TPSA) is 67.2 Å². The van der Waals surface area contributed by atoms with Crippen LogP contribution in [-0.4, -0.2) is 38.6 Å². The van der Waals surface area contributed by atoms with Crippen LogP contribution in [0.25, 0.3) is 0 Å². The first-order valence-electron chi connectivity index (χ1n) is 6.69. The number of aryl methyl sites for hydroxylation is 1. The van der Waals surface area contributed by atoms with Crippen molar-refractivity contribution in [2.24, 2.45) is 0 Å². The number of piperazine rings is 1. The molecule has 2 amide bonds. The van der Waals surface area contributed by atoms with Gasteiger partial charge in [0.2, 0.25) is 11.8 Å². The lowest BCUT2D eigenvalue weighted by atomic mass is 10.1. The lowest BCUT2D eigenvalue weighted by molar-refractivity contribution is -0.149. The van der Waals surface area contributed by atoms with Crippen molar-refractivity contribution in [3.05, 3.63) is 18.0 Å². The summed E-state index contributed by atoms with van der Waals surface area (Å²) in [6, 6.07) is -0.829. The average Bonchev–Trinajstić information content (AvgIpc) is 2.86. The summed E-state index contributed by atoms with van der Waals surface area (Å²) in [5.74, 6) is -0.104. The second-order valence-corrected chi connectivity index (χ2v) is 4.82. The summed E-state index contributed by atoms with van der Waals surface area (Å²) in [5.41, 5.74) is 0.951. The van der Waals surface area contributed by atoms with E-state index in [1.54, 1.807) is 18.0 Å². The van der Waals surface area contributed by atoms with Gasteiger partial charge in [-0.15, -0.1) is 0 Å². The lowest BCUT2D eigenvalue weighted by Crippen LogP contribution is -2.61. The third kappa shape index (κ3) is 2.62. The smallest absolute Gasteiger partial charge is 0.246 e. The van der Waals surface area contributed by atoms with E-state index in [0.29, 0.717) is 13.0 Å². The number of carbonyl (C=O) groups is 2. The summed E-state index contributed by atoms with van der Waals surface area (Å²) in [5, 5.41) is 6.93. The normalized spacial score (nSPS) is 23.6. The molecule has 0 bridgehead atoms. The molecule has 2 atom stereocenters. The third-order valence-electron chi connectivity index (χ3n) is 3.52. The fraction of sp³-hybridized carbons (Fsp3) is 0.615. The highest BCUT2D eigenvalue weighted by atomic mass is 16.2. The zero-order valence-corrected chi connectivity index (χ0v) is 11.6. The first-order valence-corrected chi connectivity index (χ1v) is 6.69. The Hall–Kier alpha value is -1.85. The van der Waals surface area contributed by atoms with Crippen LogP contribution in [0.5, 0.6) is 0 Å². The lowest BCUT2D eigenvalue weighted by Gasteiger charge is -2.36. The molecule has 6 heteroatoms. The first kappa shape index (κ1) is 13.6. The molecule has 6 nitrogen and oxygen atoms in total. The van der Waals surface area contributed by atoms with E-state index < -0.39 is 12.1 Å². The maximum Gasteiger partial charge on any atom is 0.246 e. The molecule has 1 aromatic rings. The van der Waals surface area contributed by atoms with Gasteiger partial charge in [0.15, 0.2) is 0 Å². The van der Waals surface area contributed by atoms with E-state index in [4.69, 9.17) is 0 Å². The van der Waals surface area contributed by atoms with Gasteiger partial charge in [-0.1, -0.05) is 6.92 Å². The van der Waals surface area contributed by atoms with Gasteiger partial charge in [-0.3, -0.25) is 14.3 Å². The van der Waals surface area contributed by atoms with Crippen LogP contribution in [0.1, 0.15) is 32.8 Å². The number of rotatable bonds is 4. The van der Waals surface area contributed by atoms with Crippen LogP contribution < -0.4 is 5.32 Å². The van der Waals surface area contributed by atoms with Gasteiger partial charge in [-0.25, -0.2) is 0 Å². The molecule has 0 aliphatic carbocycles. The van der Waals surface area contributed by atoms with Crippen molar-refractivity contribution in [3.8, 4) is 0 Å². The molecule has 2 unspecified atom stereocenters. The number of nitrogens with zero attached hydrogens (tertiary/aromatic N) is 3. The Morgan fingerprint density at radius 2 is 2.11 bits per heavy atom. The Balaban J connectivity index is 2.15. The number of amides is 2. The molecule has 0 aromatic carbocycles. The van der Waals surface area contributed by atoms with E-state index in [9.17, 15) is 9.59 Å². The maximum atomic E-state index is 12.3. The predicted octanol–water partition coefficient (Wildman–Crippen LogP) is 0.528. The number of hydrogen-bond donors (Lipinski definition) is 1. The van der Waals surface area contributed by atoms with E-state index in [-0.39, 0.29) is 11.8 Å². The molecule has 19 heavy (non-hydrogen) atoms. The molecule has 1 aliphatic heterocycles. The van der Waals surface area contributed by atoms with Crippen molar-refractivity contribution < 1.29 is 9.59 Å². The maximum absolute atomic E-state index is 12.3. The fourth-order valence-electron chi connectivity index (χ4n) is 2.24. The third-order valence-corrected chi connectivity index (χ3v) is 3.52. The molecule has 1 saturated heterocycles. The molecule has 104 valence electrons. The Kier molecular flexibility index (Phi) is 3.87. The molecular formula is C13H20N4O2. The van der Waals surface area contributed by atoms with Crippen LogP contribution in [0.15, 0.2) is 12.4 Å². The number of carbonyl (C=O) groups excluding carboxylic acids is 2. The molecule has 0 spiro atoms. The highest BCUT2D eigenvalue weighted by molar-refractivity contribution is 5.96. The van der Waals surface area contributed by atoms with Crippen LogP contribution >= 0.6 is 0 Å². The quantitative estimate of drug-likeness (QED) is 0.862. The minimum absolute atomic E-state index is 0.0150. The molecule has 0 saturated carbocycles. The van der Waals surface area contributed by atoms with Gasteiger partial charge >= 0.3 is 0 Å². The second kappa shape index (κ2) is 5.42. The summed E-state index contributed by atoms with van der Waals surface area (Å²) in [7, 11) is 0. The average molecular weight is 264 g/mol. The Bertz CT molecular complexity index is 483.